The predicted molar refractivity (Wildman–Crippen MR) is 88.2 cm³/mol. The van der Waals surface area contributed by atoms with Crippen molar-refractivity contribution in [2.24, 2.45) is 0 Å². The fourth-order valence-corrected chi connectivity index (χ4v) is 5.35. The van der Waals surface area contributed by atoms with E-state index in [4.69, 9.17) is 25.9 Å². The van der Waals surface area contributed by atoms with Crippen molar-refractivity contribution >= 4 is 21.4 Å². The van der Waals surface area contributed by atoms with E-state index in [0.717, 1.165) is 12.5 Å². The average Bonchev–Trinajstić information content (AvgIpc) is 2.46. The van der Waals surface area contributed by atoms with Gasteiger partial charge in [0.1, 0.15) is 0 Å². The molecule has 0 bridgehead atoms. The first kappa shape index (κ1) is 17.7. The lowest BCUT2D eigenvalue weighted by atomic mass is 10.1. The Hall–Kier alpha value is -0.333. The lowest BCUT2D eigenvalue weighted by molar-refractivity contribution is 0.0708. The first-order chi connectivity index (χ1) is 9.67. The van der Waals surface area contributed by atoms with Gasteiger partial charge in [0.25, 0.3) is 0 Å². The minimum absolute atomic E-state index is 0.185. The van der Waals surface area contributed by atoms with Crippen LogP contribution in [-0.2, 0) is 13.3 Å². The van der Waals surface area contributed by atoms with Crippen LogP contribution in [0.2, 0.25) is 6.04 Å². The molecule has 0 fully saturated rings. The molecule has 1 unspecified atom stereocenters. The van der Waals surface area contributed by atoms with Crippen molar-refractivity contribution in [2.75, 3.05) is 19.8 Å². The van der Waals surface area contributed by atoms with Crippen molar-refractivity contribution < 1.29 is 13.3 Å². The van der Waals surface area contributed by atoms with Gasteiger partial charge in [-0.3, -0.25) is 0 Å². The molecule has 114 valence electrons. The molecule has 0 radical (unpaired) electrons. The summed E-state index contributed by atoms with van der Waals surface area (Å²) >= 11 is 4.69. The van der Waals surface area contributed by atoms with E-state index in [-0.39, 0.29) is 5.25 Å². The summed E-state index contributed by atoms with van der Waals surface area (Å²) in [6, 6.07) is 11.1. The highest BCUT2D eigenvalue weighted by Gasteiger charge is 2.40. The van der Waals surface area contributed by atoms with Crippen molar-refractivity contribution in [3.8, 4) is 0 Å². The van der Waals surface area contributed by atoms with E-state index >= 15 is 0 Å². The summed E-state index contributed by atoms with van der Waals surface area (Å²) in [5.74, 6) is 0. The Labute approximate surface area is 129 Å². The van der Waals surface area contributed by atoms with Crippen LogP contribution in [0.25, 0.3) is 0 Å². The van der Waals surface area contributed by atoms with Gasteiger partial charge in [-0.15, -0.1) is 0 Å². The summed E-state index contributed by atoms with van der Waals surface area (Å²) in [5, 5.41) is 0.185. The molecule has 0 saturated carbocycles. The van der Waals surface area contributed by atoms with E-state index in [0.29, 0.717) is 19.8 Å². The van der Waals surface area contributed by atoms with E-state index in [1.54, 1.807) is 0 Å². The fourth-order valence-electron chi connectivity index (χ4n) is 2.16. The van der Waals surface area contributed by atoms with Gasteiger partial charge in [-0.05, 0) is 32.8 Å². The zero-order chi connectivity index (χ0) is 14.8. The Kier molecular flexibility index (Phi) is 8.48. The van der Waals surface area contributed by atoms with Crippen LogP contribution < -0.4 is 0 Å². The molecule has 0 amide bonds. The third kappa shape index (κ3) is 5.58. The third-order valence-corrected chi connectivity index (χ3v) is 6.64. The van der Waals surface area contributed by atoms with Crippen molar-refractivity contribution in [3.63, 3.8) is 0 Å². The molecule has 0 heterocycles. The molecule has 0 aliphatic heterocycles. The lowest BCUT2D eigenvalue weighted by Gasteiger charge is -2.29. The lowest BCUT2D eigenvalue weighted by Crippen LogP contribution is -2.46. The van der Waals surface area contributed by atoms with Gasteiger partial charge < -0.3 is 13.3 Å². The fraction of sp³-hybridized carbons (Fsp3) is 0.600. The highest BCUT2D eigenvalue weighted by atomic mass is 32.1. The van der Waals surface area contributed by atoms with Crippen molar-refractivity contribution in [2.45, 2.75) is 38.5 Å². The van der Waals surface area contributed by atoms with Gasteiger partial charge >= 0.3 is 8.80 Å². The van der Waals surface area contributed by atoms with Crippen LogP contribution in [0.1, 0.15) is 38.0 Å². The summed E-state index contributed by atoms with van der Waals surface area (Å²) in [6.07, 6.45) is 0.888. The molecule has 5 heteroatoms. The maximum Gasteiger partial charge on any atom is 0.500 e. The summed E-state index contributed by atoms with van der Waals surface area (Å²) in [4.78, 5) is 0. The molecule has 1 aromatic carbocycles. The number of rotatable bonds is 10. The summed E-state index contributed by atoms with van der Waals surface area (Å²) in [5.41, 5.74) is 1.23. The SMILES string of the molecule is CCO[Si](CCC(S)c1ccccc1)(OCC)OCC. The second kappa shape index (κ2) is 9.58. The Balaban J connectivity index is 2.64. The molecule has 20 heavy (non-hydrogen) atoms. The van der Waals surface area contributed by atoms with Crippen LogP contribution >= 0.6 is 12.6 Å². The number of hydrogen-bond acceptors (Lipinski definition) is 4. The molecule has 1 atom stereocenters. The molecule has 0 saturated heterocycles. The molecular formula is C15H26O3SSi. The minimum Gasteiger partial charge on any atom is -0.374 e. The highest BCUT2D eigenvalue weighted by Crippen LogP contribution is 2.29. The molecule has 0 N–H and O–H groups in total. The van der Waals surface area contributed by atoms with Crippen LogP contribution in [0.5, 0.6) is 0 Å². The monoisotopic (exact) mass is 314 g/mol. The Morgan fingerprint density at radius 2 is 1.45 bits per heavy atom. The number of benzene rings is 1. The molecule has 3 nitrogen and oxygen atoms in total. The Bertz CT molecular complexity index is 344. The van der Waals surface area contributed by atoms with Crippen LogP contribution in [0.3, 0.4) is 0 Å². The molecule has 0 aliphatic carbocycles. The second-order valence-electron chi connectivity index (χ2n) is 4.45. The zero-order valence-corrected chi connectivity index (χ0v) is 14.6. The highest BCUT2D eigenvalue weighted by molar-refractivity contribution is 7.80. The zero-order valence-electron chi connectivity index (χ0n) is 12.7. The maximum atomic E-state index is 5.86. The average molecular weight is 315 g/mol. The van der Waals surface area contributed by atoms with Gasteiger partial charge in [-0.2, -0.15) is 12.6 Å². The molecule has 0 aromatic heterocycles. The smallest absolute Gasteiger partial charge is 0.374 e. The van der Waals surface area contributed by atoms with Gasteiger partial charge in [0, 0.05) is 31.1 Å². The Morgan fingerprint density at radius 3 is 1.90 bits per heavy atom. The predicted octanol–water partition coefficient (Wildman–Crippen LogP) is 4.10. The normalized spacial score (nSPS) is 13.4. The number of hydrogen-bond donors (Lipinski definition) is 1. The molecular weight excluding hydrogens is 288 g/mol. The van der Waals surface area contributed by atoms with Crippen molar-refractivity contribution in [1.29, 1.82) is 0 Å². The van der Waals surface area contributed by atoms with Crippen molar-refractivity contribution in [1.82, 2.24) is 0 Å². The molecule has 1 rings (SSSR count). The topological polar surface area (TPSA) is 27.7 Å². The van der Waals surface area contributed by atoms with E-state index in [2.05, 4.69) is 12.1 Å². The van der Waals surface area contributed by atoms with Crippen molar-refractivity contribution in [3.05, 3.63) is 35.9 Å². The molecule has 1 aromatic rings. The van der Waals surface area contributed by atoms with Crippen LogP contribution in [0, 0.1) is 0 Å². The Morgan fingerprint density at radius 1 is 0.950 bits per heavy atom. The van der Waals surface area contributed by atoms with Gasteiger partial charge in [0.15, 0.2) is 0 Å². The summed E-state index contributed by atoms with van der Waals surface area (Å²) in [7, 11) is -2.54. The first-order valence-electron chi connectivity index (χ1n) is 7.32. The van der Waals surface area contributed by atoms with Gasteiger partial charge in [0.2, 0.25) is 0 Å². The molecule has 0 spiro atoms. The summed E-state index contributed by atoms with van der Waals surface area (Å²) < 4.78 is 17.6. The second-order valence-corrected chi connectivity index (χ2v) is 7.80. The van der Waals surface area contributed by atoms with Gasteiger partial charge in [-0.1, -0.05) is 30.3 Å². The molecule has 0 aliphatic rings. The van der Waals surface area contributed by atoms with Crippen LogP contribution in [0.4, 0.5) is 0 Å². The van der Waals surface area contributed by atoms with Crippen LogP contribution in [0.15, 0.2) is 30.3 Å². The first-order valence-corrected chi connectivity index (χ1v) is 9.77. The van der Waals surface area contributed by atoms with Gasteiger partial charge in [0.05, 0.1) is 0 Å². The van der Waals surface area contributed by atoms with Crippen LogP contribution in [-0.4, -0.2) is 28.6 Å². The standard InChI is InChI=1S/C15H26O3SSi/c1-4-16-20(17-5-2,18-6-3)13-12-15(19)14-10-8-7-9-11-14/h7-11,15,19H,4-6,12-13H2,1-3H3. The van der Waals surface area contributed by atoms with E-state index in [9.17, 15) is 0 Å². The largest absolute Gasteiger partial charge is 0.500 e. The number of thiol groups is 1. The summed E-state index contributed by atoms with van der Waals surface area (Å²) in [6.45, 7) is 7.80. The van der Waals surface area contributed by atoms with E-state index in [1.807, 2.05) is 39.0 Å². The van der Waals surface area contributed by atoms with E-state index in [1.165, 1.54) is 5.56 Å². The van der Waals surface area contributed by atoms with E-state index < -0.39 is 8.80 Å². The third-order valence-electron chi connectivity index (χ3n) is 3.00. The quantitative estimate of drug-likeness (QED) is 0.520. The maximum absolute atomic E-state index is 5.86. The van der Waals surface area contributed by atoms with Gasteiger partial charge in [-0.25, -0.2) is 0 Å². The minimum atomic E-state index is -2.54.